The number of hydrogen-bond donors (Lipinski definition) is 2. The van der Waals surface area contributed by atoms with E-state index < -0.39 is 0 Å². The third kappa shape index (κ3) is 1.64. The number of fused-ring (bicyclic) bond motifs is 2. The van der Waals surface area contributed by atoms with Gasteiger partial charge >= 0.3 is 0 Å². The van der Waals surface area contributed by atoms with Crippen LogP contribution in [0.15, 0.2) is 54.6 Å². The number of benzene rings is 2. The zero-order chi connectivity index (χ0) is 15.3. The fourth-order valence-corrected chi connectivity index (χ4v) is 2.83. The fourth-order valence-electron chi connectivity index (χ4n) is 2.83. The molecule has 1 heterocycles. The van der Waals surface area contributed by atoms with Crippen LogP contribution in [-0.4, -0.2) is 15.9 Å². The number of nitrogens with two attached hydrogens (primary N) is 1. The molecule has 106 valence electrons. The van der Waals surface area contributed by atoms with Gasteiger partial charge in [-0.2, -0.15) is 0 Å². The molecule has 0 radical (unpaired) electrons. The number of para-hydroxylation sites is 1. The number of pyridine rings is 1. The van der Waals surface area contributed by atoms with Crippen LogP contribution in [-0.2, 0) is 0 Å². The molecule has 1 aromatic heterocycles. The maximum absolute atomic E-state index is 12.6. The number of carbonyl (C=O) groups excluding carboxylic acids is 1. The molecular formula is C18H12N2O2. The highest BCUT2D eigenvalue weighted by Crippen LogP contribution is 2.37. The molecule has 0 saturated heterocycles. The van der Waals surface area contributed by atoms with Crippen molar-refractivity contribution >= 4 is 33.7 Å². The summed E-state index contributed by atoms with van der Waals surface area (Å²) in [6, 6.07) is 16.1. The zero-order valence-corrected chi connectivity index (χ0v) is 11.6. The Balaban J connectivity index is 1.97. The van der Waals surface area contributed by atoms with Gasteiger partial charge in [0.2, 0.25) is 0 Å². The Labute approximate surface area is 126 Å². The summed E-state index contributed by atoms with van der Waals surface area (Å²) < 4.78 is 0. The smallest absolute Gasteiger partial charge is 0.199 e. The fraction of sp³-hybridized carbons (Fsp3) is 0. The van der Waals surface area contributed by atoms with Gasteiger partial charge in [0, 0.05) is 22.2 Å². The summed E-state index contributed by atoms with van der Waals surface area (Å²) in [6.45, 7) is 0. The van der Waals surface area contributed by atoms with Gasteiger partial charge in [-0.25, -0.2) is 4.98 Å². The van der Waals surface area contributed by atoms with E-state index in [1.54, 1.807) is 30.3 Å². The van der Waals surface area contributed by atoms with Crippen molar-refractivity contribution in [2.75, 3.05) is 5.73 Å². The Morgan fingerprint density at radius 1 is 0.955 bits per heavy atom. The van der Waals surface area contributed by atoms with Gasteiger partial charge in [-0.3, -0.25) is 4.79 Å². The van der Waals surface area contributed by atoms with Crippen LogP contribution in [0.1, 0.15) is 21.6 Å². The van der Waals surface area contributed by atoms with E-state index in [1.807, 2.05) is 24.3 Å². The molecule has 0 spiro atoms. The van der Waals surface area contributed by atoms with Crippen LogP contribution in [0.5, 0.6) is 0 Å². The topological polar surface area (TPSA) is 76.2 Å². The molecule has 0 unspecified atom stereocenters. The monoisotopic (exact) mass is 288 g/mol. The summed E-state index contributed by atoms with van der Waals surface area (Å²) in [5, 5.41) is 11.2. The van der Waals surface area contributed by atoms with Crippen LogP contribution in [0.4, 0.5) is 5.69 Å². The van der Waals surface area contributed by atoms with Gasteiger partial charge in [0.1, 0.15) is 5.76 Å². The van der Waals surface area contributed by atoms with Crippen LogP contribution < -0.4 is 5.73 Å². The highest BCUT2D eigenvalue weighted by atomic mass is 16.3. The van der Waals surface area contributed by atoms with E-state index in [1.165, 1.54) is 0 Å². The molecule has 4 heteroatoms. The van der Waals surface area contributed by atoms with Crippen LogP contribution in [0, 0.1) is 0 Å². The van der Waals surface area contributed by atoms with E-state index in [2.05, 4.69) is 4.98 Å². The summed E-state index contributed by atoms with van der Waals surface area (Å²) >= 11 is 0. The number of aliphatic hydroxyl groups excluding tert-OH is 1. The van der Waals surface area contributed by atoms with E-state index >= 15 is 0 Å². The van der Waals surface area contributed by atoms with Crippen LogP contribution in [0.3, 0.4) is 0 Å². The van der Waals surface area contributed by atoms with E-state index in [4.69, 9.17) is 5.73 Å². The van der Waals surface area contributed by atoms with E-state index in [9.17, 15) is 9.90 Å². The predicted octanol–water partition coefficient (Wildman–Crippen LogP) is 3.44. The normalized spacial score (nSPS) is 13.7. The Hall–Kier alpha value is -3.14. The molecule has 2 aromatic carbocycles. The molecule has 0 atom stereocenters. The number of rotatable bonds is 1. The van der Waals surface area contributed by atoms with E-state index in [-0.39, 0.29) is 17.1 Å². The van der Waals surface area contributed by atoms with Gasteiger partial charge < -0.3 is 10.8 Å². The van der Waals surface area contributed by atoms with Crippen LogP contribution in [0.2, 0.25) is 0 Å². The van der Waals surface area contributed by atoms with Crippen LogP contribution >= 0.6 is 0 Å². The van der Waals surface area contributed by atoms with Crippen molar-refractivity contribution in [3.05, 3.63) is 71.4 Å². The molecule has 0 amide bonds. The Morgan fingerprint density at radius 2 is 1.64 bits per heavy atom. The highest BCUT2D eigenvalue weighted by molar-refractivity contribution is 6.38. The summed E-state index contributed by atoms with van der Waals surface area (Å²) in [6.07, 6.45) is 0. The van der Waals surface area contributed by atoms with Crippen molar-refractivity contribution in [3.8, 4) is 0 Å². The number of allylic oxidation sites excluding steroid dienone is 1. The third-order valence-corrected chi connectivity index (χ3v) is 3.89. The third-order valence-electron chi connectivity index (χ3n) is 3.89. The van der Waals surface area contributed by atoms with Crippen molar-refractivity contribution in [1.29, 1.82) is 0 Å². The van der Waals surface area contributed by atoms with Gasteiger partial charge in [0.15, 0.2) is 5.78 Å². The van der Waals surface area contributed by atoms with Gasteiger partial charge in [-0.05, 0) is 12.1 Å². The second-order valence-corrected chi connectivity index (χ2v) is 5.21. The molecular weight excluding hydrogens is 276 g/mol. The Kier molecular flexibility index (Phi) is 2.53. The van der Waals surface area contributed by atoms with Crippen molar-refractivity contribution in [3.63, 3.8) is 0 Å². The lowest BCUT2D eigenvalue weighted by Gasteiger charge is -2.07. The first-order valence-electron chi connectivity index (χ1n) is 6.90. The summed E-state index contributed by atoms with van der Waals surface area (Å²) in [7, 11) is 0. The molecule has 1 aliphatic rings. The SMILES string of the molecule is Nc1cc(C2=C(O)c3ccccc3C2=O)nc2ccccc12. The number of Topliss-reactive ketones (excluding diaryl/α,β-unsaturated/α-hetero) is 1. The molecule has 0 bridgehead atoms. The van der Waals surface area contributed by atoms with Crippen LogP contribution in [0.25, 0.3) is 22.2 Å². The van der Waals surface area contributed by atoms with Crippen molar-refractivity contribution in [1.82, 2.24) is 4.98 Å². The van der Waals surface area contributed by atoms with Gasteiger partial charge in [-0.1, -0.05) is 42.5 Å². The standard InChI is InChI=1S/C18H12N2O2/c19-13-9-15(20-14-8-4-3-7-12(13)14)16-17(21)10-5-1-2-6-11(10)18(16)22/h1-9,21H,(H2,19,20). The minimum absolute atomic E-state index is 0.0391. The average Bonchev–Trinajstić information content (AvgIpc) is 2.79. The van der Waals surface area contributed by atoms with Crippen molar-refractivity contribution < 1.29 is 9.90 Å². The number of anilines is 1. The molecule has 4 nitrogen and oxygen atoms in total. The lowest BCUT2D eigenvalue weighted by Crippen LogP contribution is -2.02. The second kappa shape index (κ2) is 4.43. The molecule has 22 heavy (non-hydrogen) atoms. The van der Waals surface area contributed by atoms with E-state index in [0.717, 1.165) is 5.39 Å². The van der Waals surface area contributed by atoms with Crippen molar-refractivity contribution in [2.45, 2.75) is 0 Å². The first-order chi connectivity index (χ1) is 10.7. The minimum Gasteiger partial charge on any atom is -0.506 e. The second-order valence-electron chi connectivity index (χ2n) is 5.21. The number of aliphatic hydroxyl groups is 1. The molecule has 0 aliphatic heterocycles. The molecule has 1 aliphatic carbocycles. The van der Waals surface area contributed by atoms with Gasteiger partial charge in [0.25, 0.3) is 0 Å². The van der Waals surface area contributed by atoms with Crippen molar-refractivity contribution in [2.24, 2.45) is 0 Å². The van der Waals surface area contributed by atoms with Gasteiger partial charge in [0.05, 0.1) is 16.8 Å². The molecule has 3 N–H and O–H groups in total. The summed E-state index contributed by atoms with van der Waals surface area (Å²) in [5.41, 5.74) is 8.93. The number of nitrogen functional groups attached to an aromatic ring is 1. The molecule has 0 fully saturated rings. The Morgan fingerprint density at radius 3 is 2.41 bits per heavy atom. The molecule has 0 saturated carbocycles. The predicted molar refractivity (Wildman–Crippen MR) is 86.4 cm³/mol. The maximum atomic E-state index is 12.6. The number of carbonyl (C=O) groups is 1. The lowest BCUT2D eigenvalue weighted by molar-refractivity contribution is 0.105. The first kappa shape index (κ1) is 12.6. The first-order valence-corrected chi connectivity index (χ1v) is 6.90. The minimum atomic E-state index is -0.227. The quantitative estimate of drug-likeness (QED) is 0.719. The number of aromatic nitrogens is 1. The average molecular weight is 288 g/mol. The largest absolute Gasteiger partial charge is 0.506 e. The summed E-state index contributed by atoms with van der Waals surface area (Å²) in [4.78, 5) is 17.0. The summed E-state index contributed by atoms with van der Waals surface area (Å²) in [5.74, 6) is -0.266. The zero-order valence-electron chi connectivity index (χ0n) is 11.6. The lowest BCUT2D eigenvalue weighted by atomic mass is 10.0. The number of hydrogen-bond acceptors (Lipinski definition) is 4. The molecule has 4 rings (SSSR count). The Bertz CT molecular complexity index is 974. The highest BCUT2D eigenvalue weighted by Gasteiger charge is 2.31. The number of ketones is 1. The maximum Gasteiger partial charge on any atom is 0.199 e. The molecule has 3 aromatic rings. The number of nitrogens with zero attached hydrogens (tertiary/aromatic N) is 1. The van der Waals surface area contributed by atoms with E-state index in [0.29, 0.717) is 28.0 Å². The van der Waals surface area contributed by atoms with Gasteiger partial charge in [-0.15, -0.1) is 0 Å².